The minimum Gasteiger partial charge on any atom is -0.486 e. The fourth-order valence-corrected chi connectivity index (χ4v) is 4.14. The first-order valence-electron chi connectivity index (χ1n) is 8.95. The highest BCUT2D eigenvalue weighted by Gasteiger charge is 2.23. The highest BCUT2D eigenvalue weighted by atomic mass is 32.2. The van der Waals surface area contributed by atoms with Crippen LogP contribution in [0.4, 0.5) is 0 Å². The molecule has 8 heteroatoms. The van der Waals surface area contributed by atoms with Gasteiger partial charge in [0.1, 0.15) is 12.7 Å². The first-order valence-corrected chi connectivity index (χ1v) is 10.4. The molecule has 3 rings (SSSR count). The van der Waals surface area contributed by atoms with Crippen LogP contribution < -0.4 is 19.5 Å². The third-order valence-corrected chi connectivity index (χ3v) is 5.70. The second-order valence-corrected chi connectivity index (χ2v) is 9.27. The van der Waals surface area contributed by atoms with Gasteiger partial charge in [-0.25, -0.2) is 13.1 Å². The van der Waals surface area contributed by atoms with Gasteiger partial charge in [-0.2, -0.15) is 0 Å². The van der Waals surface area contributed by atoms with Gasteiger partial charge in [0, 0.05) is 11.1 Å². The van der Waals surface area contributed by atoms with Crippen molar-refractivity contribution in [2.45, 2.75) is 37.3 Å². The Bertz CT molecular complexity index is 949. The van der Waals surface area contributed by atoms with Crippen molar-refractivity contribution in [2.24, 2.45) is 0 Å². The summed E-state index contributed by atoms with van der Waals surface area (Å²) < 4.78 is 38.6. The maximum Gasteiger partial charge on any atom is 0.251 e. The highest BCUT2D eigenvalue weighted by Crippen LogP contribution is 2.30. The van der Waals surface area contributed by atoms with Crippen molar-refractivity contribution in [3.05, 3.63) is 54.1 Å². The first-order chi connectivity index (χ1) is 13.1. The molecule has 0 saturated heterocycles. The highest BCUT2D eigenvalue weighted by molar-refractivity contribution is 7.89. The summed E-state index contributed by atoms with van der Waals surface area (Å²) in [6, 6.07) is 13.2. The van der Waals surface area contributed by atoms with Crippen molar-refractivity contribution < 1.29 is 22.7 Å². The topological polar surface area (TPSA) is 93.7 Å². The molecule has 7 nitrogen and oxygen atoms in total. The smallest absolute Gasteiger partial charge is 0.251 e. The second kappa shape index (κ2) is 7.81. The number of carbonyl (C=O) groups is 1. The molecule has 0 spiro atoms. The molecule has 0 fully saturated rings. The third kappa shape index (κ3) is 5.02. The van der Waals surface area contributed by atoms with Crippen molar-refractivity contribution in [3.63, 3.8) is 0 Å². The number of amides is 1. The molecule has 0 radical (unpaired) electrons. The van der Waals surface area contributed by atoms with Gasteiger partial charge < -0.3 is 14.8 Å². The van der Waals surface area contributed by atoms with Crippen molar-refractivity contribution in [2.75, 3.05) is 13.2 Å². The lowest BCUT2D eigenvalue weighted by molar-refractivity contribution is 0.0789. The molecule has 0 saturated carbocycles. The van der Waals surface area contributed by atoms with Gasteiger partial charge in [-0.3, -0.25) is 4.79 Å². The molecule has 2 aromatic carbocycles. The van der Waals surface area contributed by atoms with E-state index in [1.807, 2.05) is 24.3 Å². The van der Waals surface area contributed by atoms with Gasteiger partial charge in [-0.1, -0.05) is 12.1 Å². The second-order valence-electron chi connectivity index (χ2n) is 7.59. The Morgan fingerprint density at radius 1 is 1.07 bits per heavy atom. The maximum absolute atomic E-state index is 12.4. The average Bonchev–Trinajstić information content (AvgIpc) is 2.64. The van der Waals surface area contributed by atoms with E-state index in [1.165, 1.54) is 24.3 Å². The van der Waals surface area contributed by atoms with Gasteiger partial charge in [0.15, 0.2) is 11.5 Å². The Balaban J connectivity index is 1.58. The number of ether oxygens (including phenoxy) is 2. The molecule has 0 bridgehead atoms. The van der Waals surface area contributed by atoms with E-state index < -0.39 is 15.6 Å². The number of hydrogen-bond donors (Lipinski definition) is 2. The number of carbonyl (C=O) groups excluding carboxylic acids is 1. The Morgan fingerprint density at radius 2 is 1.71 bits per heavy atom. The molecule has 1 amide bonds. The monoisotopic (exact) mass is 404 g/mol. The van der Waals surface area contributed by atoms with E-state index in [1.54, 1.807) is 20.8 Å². The van der Waals surface area contributed by atoms with E-state index in [2.05, 4.69) is 10.0 Å². The van der Waals surface area contributed by atoms with E-state index in [4.69, 9.17) is 9.47 Å². The van der Waals surface area contributed by atoms with Crippen LogP contribution in [0.25, 0.3) is 0 Å². The van der Waals surface area contributed by atoms with E-state index in [9.17, 15) is 13.2 Å². The van der Waals surface area contributed by atoms with E-state index >= 15 is 0 Å². The van der Waals surface area contributed by atoms with E-state index in [0.717, 1.165) is 0 Å². The Kier molecular flexibility index (Phi) is 5.62. The molecule has 0 aromatic heterocycles. The number of benzene rings is 2. The molecule has 1 aliphatic heterocycles. The zero-order valence-corrected chi connectivity index (χ0v) is 16.9. The summed E-state index contributed by atoms with van der Waals surface area (Å²) in [5, 5.41) is 2.79. The van der Waals surface area contributed by atoms with Crippen LogP contribution in [0.2, 0.25) is 0 Å². The standard InChI is InChI=1S/C20H24N2O5S/c1-20(2,3)22-28(24,25)16-10-8-14(9-11-16)19(23)21-12-15-13-26-17-6-4-5-7-18(17)27-15/h4-11,15,22H,12-13H2,1-3H3,(H,21,23). The summed E-state index contributed by atoms with van der Waals surface area (Å²) >= 11 is 0. The predicted molar refractivity (Wildman–Crippen MR) is 105 cm³/mol. The molecule has 2 aromatic rings. The van der Waals surface area contributed by atoms with E-state index in [-0.39, 0.29) is 23.5 Å². The molecule has 150 valence electrons. The first kappa shape index (κ1) is 20.2. The van der Waals surface area contributed by atoms with Gasteiger partial charge in [0.2, 0.25) is 10.0 Å². The van der Waals surface area contributed by atoms with Crippen LogP contribution >= 0.6 is 0 Å². The van der Waals surface area contributed by atoms with Crippen LogP contribution in [0.1, 0.15) is 31.1 Å². The lowest BCUT2D eigenvalue weighted by Crippen LogP contribution is -2.41. The van der Waals surface area contributed by atoms with Gasteiger partial charge in [0.25, 0.3) is 5.91 Å². The van der Waals surface area contributed by atoms with Crippen LogP contribution in [0.3, 0.4) is 0 Å². The molecule has 1 aliphatic rings. The minimum atomic E-state index is -3.64. The Morgan fingerprint density at radius 3 is 2.36 bits per heavy atom. The van der Waals surface area contributed by atoms with E-state index in [0.29, 0.717) is 23.7 Å². The van der Waals surface area contributed by atoms with Crippen molar-refractivity contribution in [1.82, 2.24) is 10.0 Å². The van der Waals surface area contributed by atoms with Crippen molar-refractivity contribution in [1.29, 1.82) is 0 Å². The third-order valence-electron chi connectivity index (χ3n) is 3.93. The van der Waals surface area contributed by atoms with Crippen LogP contribution in [0.5, 0.6) is 11.5 Å². The average molecular weight is 404 g/mol. The number of hydrogen-bond acceptors (Lipinski definition) is 5. The lowest BCUT2D eigenvalue weighted by atomic mass is 10.1. The van der Waals surface area contributed by atoms with Gasteiger partial charge >= 0.3 is 0 Å². The van der Waals surface area contributed by atoms with Gasteiger partial charge in [-0.15, -0.1) is 0 Å². The molecular weight excluding hydrogens is 380 g/mol. The summed E-state index contributed by atoms with van der Waals surface area (Å²) in [7, 11) is -3.64. The number of nitrogens with one attached hydrogen (secondary N) is 2. The zero-order valence-electron chi connectivity index (χ0n) is 16.1. The summed E-state index contributed by atoms with van der Waals surface area (Å²) in [6.45, 7) is 5.91. The minimum absolute atomic E-state index is 0.111. The summed E-state index contributed by atoms with van der Waals surface area (Å²) in [5.41, 5.74) is -0.220. The predicted octanol–water partition coefficient (Wildman–Crippen LogP) is 2.33. The van der Waals surface area contributed by atoms with Crippen LogP contribution in [0, 0.1) is 0 Å². The largest absolute Gasteiger partial charge is 0.486 e. The Hall–Kier alpha value is -2.58. The summed E-state index contributed by atoms with van der Waals surface area (Å²) in [4.78, 5) is 12.5. The number of sulfonamides is 1. The molecule has 1 unspecified atom stereocenters. The van der Waals surface area contributed by atoms with Gasteiger partial charge in [-0.05, 0) is 57.2 Å². The molecule has 2 N–H and O–H groups in total. The molecule has 0 aliphatic carbocycles. The molecule has 28 heavy (non-hydrogen) atoms. The van der Waals surface area contributed by atoms with Gasteiger partial charge in [0.05, 0.1) is 11.4 Å². The van der Waals surface area contributed by atoms with Crippen LogP contribution in [-0.4, -0.2) is 39.1 Å². The number of fused-ring (bicyclic) bond motifs is 1. The molecule has 1 heterocycles. The number of rotatable bonds is 5. The molecule has 1 atom stereocenters. The summed E-state index contributed by atoms with van der Waals surface area (Å²) in [6.07, 6.45) is -0.297. The maximum atomic E-state index is 12.4. The quantitative estimate of drug-likeness (QED) is 0.798. The van der Waals surface area contributed by atoms with Crippen molar-refractivity contribution >= 4 is 15.9 Å². The number of para-hydroxylation sites is 2. The molecular formula is C20H24N2O5S. The summed E-state index contributed by atoms with van der Waals surface area (Å²) in [5.74, 6) is 1.02. The zero-order chi connectivity index (χ0) is 20.4. The fourth-order valence-electron chi connectivity index (χ4n) is 2.72. The van der Waals surface area contributed by atoms with Crippen LogP contribution in [0.15, 0.2) is 53.4 Å². The van der Waals surface area contributed by atoms with Crippen molar-refractivity contribution in [3.8, 4) is 11.5 Å². The normalized spacial score (nSPS) is 16.5. The Labute approximate surface area is 165 Å². The SMILES string of the molecule is CC(C)(C)NS(=O)(=O)c1ccc(C(=O)NCC2COc3ccccc3O2)cc1. The fraction of sp³-hybridized carbons (Fsp3) is 0.350. The van der Waals surface area contributed by atoms with Crippen LogP contribution in [-0.2, 0) is 10.0 Å². The lowest BCUT2D eigenvalue weighted by Gasteiger charge is -2.26.